The first-order chi connectivity index (χ1) is 6.83. The lowest BCUT2D eigenvalue weighted by Crippen LogP contribution is -2.61. The molecule has 90 valence electrons. The molecule has 0 aromatic heterocycles. The predicted molar refractivity (Wildman–Crippen MR) is 61.8 cm³/mol. The highest BCUT2D eigenvalue weighted by Crippen LogP contribution is 2.40. The van der Waals surface area contributed by atoms with E-state index in [0.717, 1.165) is 19.4 Å². The van der Waals surface area contributed by atoms with Crippen molar-refractivity contribution in [2.24, 2.45) is 5.92 Å². The summed E-state index contributed by atoms with van der Waals surface area (Å²) in [5, 5.41) is 18.4. The standard InChI is InChI=1S/C12H25NO2/c1-11(2)7-10(9-15)8-12(3,4)13(11)5-6-14/h10,14-15H,5-9H2,1-4H3. The van der Waals surface area contributed by atoms with Crippen molar-refractivity contribution in [3.63, 3.8) is 0 Å². The van der Waals surface area contributed by atoms with E-state index in [1.165, 1.54) is 0 Å². The zero-order valence-electron chi connectivity index (χ0n) is 10.5. The fourth-order valence-corrected chi connectivity index (χ4v) is 3.36. The van der Waals surface area contributed by atoms with E-state index in [9.17, 15) is 5.11 Å². The summed E-state index contributed by atoms with van der Waals surface area (Å²) >= 11 is 0. The van der Waals surface area contributed by atoms with Crippen LogP contribution in [0.5, 0.6) is 0 Å². The summed E-state index contributed by atoms with van der Waals surface area (Å²) in [6.07, 6.45) is 2.01. The molecule has 1 fully saturated rings. The Bertz CT molecular complexity index is 196. The lowest BCUT2D eigenvalue weighted by Gasteiger charge is -2.55. The molecule has 1 saturated heterocycles. The summed E-state index contributed by atoms with van der Waals surface area (Å²) in [6.45, 7) is 10.0. The predicted octanol–water partition coefficient (Wildman–Crippen LogP) is 1.24. The molecule has 3 heteroatoms. The summed E-state index contributed by atoms with van der Waals surface area (Å²) in [5.41, 5.74) is 0.135. The minimum atomic E-state index is 0.0673. The fourth-order valence-electron chi connectivity index (χ4n) is 3.36. The molecule has 0 aliphatic carbocycles. The molecule has 2 N–H and O–H groups in total. The van der Waals surface area contributed by atoms with Gasteiger partial charge in [0.05, 0.1) is 6.61 Å². The Hall–Kier alpha value is -0.120. The summed E-state index contributed by atoms with van der Waals surface area (Å²) in [6, 6.07) is 0. The van der Waals surface area contributed by atoms with Crippen molar-refractivity contribution >= 4 is 0 Å². The lowest BCUT2D eigenvalue weighted by molar-refractivity contribution is -0.0680. The second kappa shape index (κ2) is 4.40. The Balaban J connectivity index is 2.85. The highest BCUT2D eigenvalue weighted by molar-refractivity contribution is 4.99. The molecule has 0 unspecified atom stereocenters. The average Bonchev–Trinajstić information content (AvgIpc) is 2.10. The molecule has 1 aliphatic heterocycles. The molecule has 0 aromatic carbocycles. The number of β-amino-alcohol motifs (C(OH)–C–C–N with tert-alkyl or cyclic N) is 1. The molecule has 1 heterocycles. The van der Waals surface area contributed by atoms with E-state index in [4.69, 9.17) is 5.11 Å². The maximum atomic E-state index is 9.30. The van der Waals surface area contributed by atoms with Gasteiger partial charge in [0.25, 0.3) is 0 Å². The van der Waals surface area contributed by atoms with Crippen LogP contribution in [0.4, 0.5) is 0 Å². The molecular formula is C12H25NO2. The number of hydrogen-bond acceptors (Lipinski definition) is 3. The highest BCUT2D eigenvalue weighted by Gasteiger charge is 2.44. The van der Waals surface area contributed by atoms with Crippen LogP contribution in [0.1, 0.15) is 40.5 Å². The van der Waals surface area contributed by atoms with E-state index in [-0.39, 0.29) is 24.3 Å². The van der Waals surface area contributed by atoms with Gasteiger partial charge in [0.15, 0.2) is 0 Å². The lowest BCUT2D eigenvalue weighted by atomic mass is 9.74. The van der Waals surface area contributed by atoms with Gasteiger partial charge in [-0.25, -0.2) is 0 Å². The van der Waals surface area contributed by atoms with Crippen LogP contribution >= 0.6 is 0 Å². The van der Waals surface area contributed by atoms with Crippen LogP contribution in [0, 0.1) is 5.92 Å². The van der Waals surface area contributed by atoms with Crippen molar-refractivity contribution in [2.75, 3.05) is 19.8 Å². The van der Waals surface area contributed by atoms with E-state index in [0.29, 0.717) is 5.92 Å². The number of nitrogens with zero attached hydrogens (tertiary/aromatic N) is 1. The van der Waals surface area contributed by atoms with Gasteiger partial charge in [-0.1, -0.05) is 0 Å². The zero-order chi connectivity index (χ0) is 11.7. The Labute approximate surface area is 93.1 Å². The van der Waals surface area contributed by atoms with E-state index < -0.39 is 0 Å². The third-order valence-corrected chi connectivity index (χ3v) is 3.62. The summed E-state index contributed by atoms with van der Waals surface area (Å²) in [5.74, 6) is 0.393. The van der Waals surface area contributed by atoms with Crippen LogP contribution in [-0.2, 0) is 0 Å². The first-order valence-electron chi connectivity index (χ1n) is 5.83. The smallest absolute Gasteiger partial charge is 0.0558 e. The minimum absolute atomic E-state index is 0.0673. The molecule has 1 rings (SSSR count). The Morgan fingerprint density at radius 2 is 1.53 bits per heavy atom. The number of piperidine rings is 1. The Morgan fingerprint density at radius 1 is 1.07 bits per heavy atom. The summed E-state index contributed by atoms with van der Waals surface area (Å²) in [4.78, 5) is 2.37. The van der Waals surface area contributed by atoms with Crippen molar-refractivity contribution in [1.82, 2.24) is 4.90 Å². The molecule has 0 radical (unpaired) electrons. The van der Waals surface area contributed by atoms with E-state index >= 15 is 0 Å². The molecule has 0 atom stereocenters. The summed E-state index contributed by atoms with van der Waals surface area (Å²) in [7, 11) is 0. The van der Waals surface area contributed by atoms with E-state index in [2.05, 4.69) is 32.6 Å². The number of hydrogen-bond donors (Lipinski definition) is 2. The van der Waals surface area contributed by atoms with E-state index in [1.54, 1.807) is 0 Å². The van der Waals surface area contributed by atoms with Gasteiger partial charge in [0.2, 0.25) is 0 Å². The van der Waals surface area contributed by atoms with E-state index in [1.807, 2.05) is 0 Å². The fraction of sp³-hybridized carbons (Fsp3) is 1.00. The van der Waals surface area contributed by atoms with Gasteiger partial charge in [-0.05, 0) is 46.5 Å². The second-order valence-electron chi connectivity index (χ2n) is 5.96. The topological polar surface area (TPSA) is 43.7 Å². The zero-order valence-corrected chi connectivity index (χ0v) is 10.5. The summed E-state index contributed by atoms with van der Waals surface area (Å²) < 4.78 is 0. The minimum Gasteiger partial charge on any atom is -0.396 e. The number of aliphatic hydroxyl groups excluding tert-OH is 2. The first-order valence-corrected chi connectivity index (χ1v) is 5.83. The number of rotatable bonds is 3. The average molecular weight is 215 g/mol. The molecule has 1 aliphatic rings. The van der Waals surface area contributed by atoms with Gasteiger partial charge in [-0.3, -0.25) is 4.90 Å². The van der Waals surface area contributed by atoms with Gasteiger partial charge < -0.3 is 10.2 Å². The van der Waals surface area contributed by atoms with Crippen LogP contribution in [0.25, 0.3) is 0 Å². The molecule has 0 aromatic rings. The van der Waals surface area contributed by atoms with Gasteiger partial charge in [-0.2, -0.15) is 0 Å². The maximum Gasteiger partial charge on any atom is 0.0558 e. The quantitative estimate of drug-likeness (QED) is 0.744. The Kier molecular flexibility index (Phi) is 3.80. The van der Waals surface area contributed by atoms with Crippen molar-refractivity contribution in [1.29, 1.82) is 0 Å². The molecule has 3 nitrogen and oxygen atoms in total. The molecule has 0 saturated carbocycles. The molecule has 0 bridgehead atoms. The van der Waals surface area contributed by atoms with Crippen molar-refractivity contribution in [2.45, 2.75) is 51.6 Å². The SMILES string of the molecule is CC1(C)CC(CO)CC(C)(C)N1CCO. The molecule has 15 heavy (non-hydrogen) atoms. The third-order valence-electron chi connectivity index (χ3n) is 3.62. The molecule has 0 amide bonds. The Morgan fingerprint density at radius 3 is 1.87 bits per heavy atom. The van der Waals surface area contributed by atoms with Crippen LogP contribution in [0.3, 0.4) is 0 Å². The normalized spacial score (nSPS) is 26.8. The van der Waals surface area contributed by atoms with Crippen molar-refractivity contribution < 1.29 is 10.2 Å². The van der Waals surface area contributed by atoms with Crippen LogP contribution in [0.2, 0.25) is 0 Å². The third kappa shape index (κ3) is 2.71. The van der Waals surface area contributed by atoms with Crippen molar-refractivity contribution in [3.8, 4) is 0 Å². The van der Waals surface area contributed by atoms with Crippen LogP contribution in [-0.4, -0.2) is 45.9 Å². The first kappa shape index (κ1) is 12.9. The van der Waals surface area contributed by atoms with Crippen LogP contribution in [0.15, 0.2) is 0 Å². The maximum absolute atomic E-state index is 9.30. The van der Waals surface area contributed by atoms with Gasteiger partial charge in [0, 0.05) is 24.2 Å². The second-order valence-corrected chi connectivity index (χ2v) is 5.96. The van der Waals surface area contributed by atoms with Gasteiger partial charge in [0.1, 0.15) is 0 Å². The number of aliphatic hydroxyl groups is 2. The van der Waals surface area contributed by atoms with Crippen molar-refractivity contribution in [3.05, 3.63) is 0 Å². The van der Waals surface area contributed by atoms with Crippen LogP contribution < -0.4 is 0 Å². The molecular weight excluding hydrogens is 190 g/mol. The molecule has 0 spiro atoms. The van der Waals surface area contributed by atoms with Gasteiger partial charge >= 0.3 is 0 Å². The van der Waals surface area contributed by atoms with Gasteiger partial charge in [-0.15, -0.1) is 0 Å². The highest BCUT2D eigenvalue weighted by atomic mass is 16.3. The monoisotopic (exact) mass is 215 g/mol. The largest absolute Gasteiger partial charge is 0.396 e. The number of likely N-dealkylation sites (tertiary alicyclic amines) is 1.